The smallest absolute Gasteiger partial charge is 0.416 e. The molecular formula is C18H10F3N3O2S. The average molecular weight is 389 g/mol. The highest BCUT2D eigenvalue weighted by atomic mass is 32.1. The predicted molar refractivity (Wildman–Crippen MR) is 94.1 cm³/mol. The van der Waals surface area contributed by atoms with Crippen LogP contribution in [-0.2, 0) is 6.18 Å². The first-order chi connectivity index (χ1) is 12.8. The SMILES string of the molecule is O=C(O)c1csc(-n2nc(-c3ccccc3)c3cc(C(F)(F)F)ccc32)n1. The summed E-state index contributed by atoms with van der Waals surface area (Å²) in [6.45, 7) is 0. The molecule has 0 spiro atoms. The molecule has 0 saturated carbocycles. The molecule has 0 amide bonds. The average Bonchev–Trinajstić information content (AvgIpc) is 3.26. The number of hydrogen-bond acceptors (Lipinski definition) is 4. The van der Waals surface area contributed by atoms with Crippen LogP contribution in [0.1, 0.15) is 16.1 Å². The van der Waals surface area contributed by atoms with Crippen LogP contribution in [-0.4, -0.2) is 25.8 Å². The van der Waals surface area contributed by atoms with Gasteiger partial charge in [0, 0.05) is 16.3 Å². The molecule has 0 bridgehead atoms. The maximum Gasteiger partial charge on any atom is 0.416 e. The number of aromatic nitrogens is 3. The highest BCUT2D eigenvalue weighted by Gasteiger charge is 2.31. The molecule has 0 unspecified atom stereocenters. The summed E-state index contributed by atoms with van der Waals surface area (Å²) in [5, 5.41) is 15.4. The van der Waals surface area contributed by atoms with Gasteiger partial charge in [-0.1, -0.05) is 30.3 Å². The fourth-order valence-corrected chi connectivity index (χ4v) is 3.47. The molecule has 5 nitrogen and oxygen atoms in total. The first-order valence-corrected chi connectivity index (χ1v) is 8.57. The maximum absolute atomic E-state index is 13.2. The fourth-order valence-electron chi connectivity index (χ4n) is 2.71. The molecule has 27 heavy (non-hydrogen) atoms. The first kappa shape index (κ1) is 17.2. The quantitative estimate of drug-likeness (QED) is 0.543. The summed E-state index contributed by atoms with van der Waals surface area (Å²) in [6, 6.07) is 12.2. The molecular weight excluding hydrogens is 379 g/mol. The Kier molecular flexibility index (Phi) is 3.96. The summed E-state index contributed by atoms with van der Waals surface area (Å²) in [6.07, 6.45) is -4.48. The van der Waals surface area contributed by atoms with Gasteiger partial charge in [-0.3, -0.25) is 0 Å². The number of rotatable bonds is 3. The number of fused-ring (bicyclic) bond motifs is 1. The third-order valence-corrected chi connectivity index (χ3v) is 4.76. The van der Waals surface area contributed by atoms with Crippen molar-refractivity contribution in [2.45, 2.75) is 6.18 Å². The van der Waals surface area contributed by atoms with Gasteiger partial charge < -0.3 is 5.11 Å². The predicted octanol–water partition coefficient (Wildman–Crippen LogP) is 4.87. The van der Waals surface area contributed by atoms with E-state index in [0.29, 0.717) is 22.2 Å². The summed E-state index contributed by atoms with van der Waals surface area (Å²) in [5.74, 6) is -1.18. The Morgan fingerprint density at radius 2 is 1.85 bits per heavy atom. The summed E-state index contributed by atoms with van der Waals surface area (Å²) < 4.78 is 40.9. The van der Waals surface area contributed by atoms with Crippen LogP contribution in [0.5, 0.6) is 0 Å². The van der Waals surface area contributed by atoms with Crippen LogP contribution in [0.25, 0.3) is 27.3 Å². The minimum Gasteiger partial charge on any atom is -0.476 e. The molecule has 4 aromatic rings. The van der Waals surface area contributed by atoms with Gasteiger partial charge in [-0.05, 0) is 18.2 Å². The fraction of sp³-hybridized carbons (Fsp3) is 0.0556. The van der Waals surface area contributed by atoms with Gasteiger partial charge in [0.05, 0.1) is 11.1 Å². The van der Waals surface area contributed by atoms with Crippen LogP contribution in [0, 0.1) is 0 Å². The van der Waals surface area contributed by atoms with Gasteiger partial charge in [0.2, 0.25) is 5.13 Å². The van der Waals surface area contributed by atoms with Crippen molar-refractivity contribution in [3.05, 3.63) is 65.2 Å². The third-order valence-electron chi connectivity index (χ3n) is 3.95. The van der Waals surface area contributed by atoms with Crippen molar-refractivity contribution in [1.29, 1.82) is 0 Å². The molecule has 9 heteroatoms. The third kappa shape index (κ3) is 3.06. The van der Waals surface area contributed by atoms with Gasteiger partial charge in [0.15, 0.2) is 5.69 Å². The molecule has 4 rings (SSSR count). The lowest BCUT2D eigenvalue weighted by Gasteiger charge is -2.07. The van der Waals surface area contributed by atoms with Crippen LogP contribution in [0.3, 0.4) is 0 Å². The largest absolute Gasteiger partial charge is 0.476 e. The minimum absolute atomic E-state index is 0.146. The Hall–Kier alpha value is -3.20. The number of nitrogens with zero attached hydrogens (tertiary/aromatic N) is 3. The number of aromatic carboxylic acids is 1. The molecule has 0 aliphatic carbocycles. The van der Waals surface area contributed by atoms with Gasteiger partial charge in [-0.15, -0.1) is 11.3 Å². The van der Waals surface area contributed by atoms with Crippen molar-refractivity contribution in [2.75, 3.05) is 0 Å². The molecule has 2 heterocycles. The normalized spacial score (nSPS) is 11.8. The van der Waals surface area contributed by atoms with Gasteiger partial charge in [0.1, 0.15) is 5.69 Å². The lowest BCUT2D eigenvalue weighted by atomic mass is 10.1. The highest BCUT2D eigenvalue weighted by molar-refractivity contribution is 7.12. The Morgan fingerprint density at radius 3 is 2.48 bits per heavy atom. The topological polar surface area (TPSA) is 68.0 Å². The van der Waals surface area contributed by atoms with Crippen LogP contribution < -0.4 is 0 Å². The standard InChI is InChI=1S/C18H10F3N3O2S/c19-18(20,21)11-6-7-14-12(8-11)15(10-4-2-1-3-5-10)23-24(14)17-22-13(9-27-17)16(25)26/h1-9H,(H,25,26). The van der Waals surface area contributed by atoms with Crippen molar-refractivity contribution in [3.63, 3.8) is 0 Å². The molecule has 0 aliphatic heterocycles. The monoisotopic (exact) mass is 389 g/mol. The number of hydrogen-bond donors (Lipinski definition) is 1. The minimum atomic E-state index is -4.48. The Morgan fingerprint density at radius 1 is 1.11 bits per heavy atom. The van der Waals surface area contributed by atoms with E-state index in [-0.39, 0.29) is 10.8 Å². The number of benzene rings is 2. The van der Waals surface area contributed by atoms with Gasteiger partial charge in [-0.25, -0.2) is 14.5 Å². The first-order valence-electron chi connectivity index (χ1n) is 7.69. The second kappa shape index (κ2) is 6.20. The van der Waals surface area contributed by atoms with Crippen molar-refractivity contribution in [2.24, 2.45) is 0 Å². The van der Waals surface area contributed by atoms with E-state index in [2.05, 4.69) is 10.1 Å². The molecule has 2 aromatic carbocycles. The summed E-state index contributed by atoms with van der Waals surface area (Å²) in [5.41, 5.74) is 0.497. The number of carboxylic acid groups (broad SMARTS) is 1. The Bertz CT molecular complexity index is 1150. The molecule has 0 saturated heterocycles. The summed E-state index contributed by atoms with van der Waals surface area (Å²) in [7, 11) is 0. The maximum atomic E-state index is 13.2. The van der Waals surface area contributed by atoms with Crippen molar-refractivity contribution in [1.82, 2.24) is 14.8 Å². The second-order valence-corrected chi connectivity index (χ2v) is 6.51. The summed E-state index contributed by atoms with van der Waals surface area (Å²) >= 11 is 1.05. The Labute approximate surface area is 154 Å². The van der Waals surface area contributed by atoms with Crippen LogP contribution in [0.2, 0.25) is 0 Å². The molecule has 0 aliphatic rings. The number of thiazole rings is 1. The molecule has 0 fully saturated rings. The van der Waals surface area contributed by atoms with Gasteiger partial charge in [-0.2, -0.15) is 18.3 Å². The van der Waals surface area contributed by atoms with E-state index in [1.807, 2.05) is 0 Å². The van der Waals surface area contributed by atoms with E-state index in [1.165, 1.54) is 16.1 Å². The van der Waals surface area contributed by atoms with Crippen molar-refractivity contribution in [3.8, 4) is 16.4 Å². The summed E-state index contributed by atoms with van der Waals surface area (Å²) in [4.78, 5) is 15.1. The molecule has 2 aromatic heterocycles. The Balaban J connectivity index is 1.98. The lowest BCUT2D eigenvalue weighted by Crippen LogP contribution is -2.04. The van der Waals surface area contributed by atoms with E-state index < -0.39 is 17.7 Å². The number of carbonyl (C=O) groups is 1. The van der Waals surface area contributed by atoms with Crippen LogP contribution in [0.4, 0.5) is 13.2 Å². The number of alkyl halides is 3. The number of halogens is 3. The van der Waals surface area contributed by atoms with E-state index in [1.54, 1.807) is 30.3 Å². The molecule has 0 radical (unpaired) electrons. The van der Waals surface area contributed by atoms with E-state index >= 15 is 0 Å². The van der Waals surface area contributed by atoms with Gasteiger partial charge in [0.25, 0.3) is 0 Å². The van der Waals surface area contributed by atoms with E-state index in [4.69, 9.17) is 5.11 Å². The second-order valence-electron chi connectivity index (χ2n) is 5.68. The molecule has 0 atom stereocenters. The molecule has 136 valence electrons. The van der Waals surface area contributed by atoms with Crippen molar-refractivity contribution >= 4 is 28.2 Å². The van der Waals surface area contributed by atoms with E-state index in [0.717, 1.165) is 23.5 Å². The highest BCUT2D eigenvalue weighted by Crippen LogP contribution is 2.36. The zero-order valence-electron chi connectivity index (χ0n) is 13.4. The van der Waals surface area contributed by atoms with Gasteiger partial charge >= 0.3 is 12.1 Å². The zero-order chi connectivity index (χ0) is 19.2. The van der Waals surface area contributed by atoms with Crippen LogP contribution >= 0.6 is 11.3 Å². The molecule has 1 N–H and O–H groups in total. The zero-order valence-corrected chi connectivity index (χ0v) is 14.3. The van der Waals surface area contributed by atoms with Crippen LogP contribution in [0.15, 0.2) is 53.9 Å². The van der Waals surface area contributed by atoms with E-state index in [9.17, 15) is 18.0 Å². The van der Waals surface area contributed by atoms with Crippen molar-refractivity contribution < 1.29 is 23.1 Å². The lowest BCUT2D eigenvalue weighted by molar-refractivity contribution is -0.137. The number of carboxylic acids is 1.